The summed E-state index contributed by atoms with van der Waals surface area (Å²) < 4.78 is 11.7. The molecule has 3 aromatic rings. The van der Waals surface area contributed by atoms with Crippen LogP contribution in [0.5, 0.6) is 5.88 Å². The average Bonchev–Trinajstić information content (AvgIpc) is 2.73. The predicted octanol–water partition coefficient (Wildman–Crippen LogP) is 4.24. The van der Waals surface area contributed by atoms with E-state index in [9.17, 15) is 0 Å². The Labute approximate surface area is 164 Å². The van der Waals surface area contributed by atoms with Crippen LogP contribution in [0.15, 0.2) is 55.4 Å². The molecular formula is C22H24N4O2. The zero-order valence-corrected chi connectivity index (χ0v) is 15.7. The molecule has 3 N–H and O–H groups in total. The third-order valence-electron chi connectivity index (χ3n) is 4.83. The summed E-state index contributed by atoms with van der Waals surface area (Å²) in [4.78, 5) is 8.69. The van der Waals surface area contributed by atoms with Crippen LogP contribution in [0.1, 0.15) is 25.0 Å². The SMILES string of the molecule is C=C(Nc1ccc2c(OCC3CCCCO3)nccc2c1)c1ncccc1N. The lowest BCUT2D eigenvalue weighted by atomic mass is 10.1. The molecule has 2 aromatic heterocycles. The molecule has 144 valence electrons. The van der Waals surface area contributed by atoms with E-state index in [0.717, 1.165) is 35.9 Å². The molecule has 6 nitrogen and oxygen atoms in total. The second-order valence-electron chi connectivity index (χ2n) is 6.90. The molecule has 0 saturated carbocycles. The Bertz CT molecular complexity index is 983. The van der Waals surface area contributed by atoms with E-state index in [0.29, 0.717) is 29.6 Å². The van der Waals surface area contributed by atoms with E-state index in [-0.39, 0.29) is 6.10 Å². The Morgan fingerprint density at radius 2 is 2.14 bits per heavy atom. The summed E-state index contributed by atoms with van der Waals surface area (Å²) in [7, 11) is 0. The number of nitrogens with zero attached hydrogens (tertiary/aromatic N) is 2. The van der Waals surface area contributed by atoms with Gasteiger partial charge in [-0.25, -0.2) is 4.98 Å². The minimum atomic E-state index is 0.152. The van der Waals surface area contributed by atoms with Gasteiger partial charge in [-0.05, 0) is 61.0 Å². The number of nitrogens with one attached hydrogen (secondary N) is 1. The smallest absolute Gasteiger partial charge is 0.221 e. The van der Waals surface area contributed by atoms with Crippen LogP contribution in [0.25, 0.3) is 16.5 Å². The van der Waals surface area contributed by atoms with Crippen molar-refractivity contribution >= 4 is 27.8 Å². The highest BCUT2D eigenvalue weighted by Crippen LogP contribution is 2.28. The van der Waals surface area contributed by atoms with E-state index >= 15 is 0 Å². The van der Waals surface area contributed by atoms with Gasteiger partial charge in [0.25, 0.3) is 0 Å². The lowest BCUT2D eigenvalue weighted by Crippen LogP contribution is -2.26. The van der Waals surface area contributed by atoms with E-state index in [1.165, 1.54) is 6.42 Å². The van der Waals surface area contributed by atoms with Crippen LogP contribution in [0.3, 0.4) is 0 Å². The number of rotatable bonds is 6. The Morgan fingerprint density at radius 3 is 2.96 bits per heavy atom. The monoisotopic (exact) mass is 376 g/mol. The highest BCUT2D eigenvalue weighted by atomic mass is 16.5. The second-order valence-corrected chi connectivity index (χ2v) is 6.90. The summed E-state index contributed by atoms with van der Waals surface area (Å²) in [6.45, 7) is 5.40. The first-order chi connectivity index (χ1) is 13.7. The number of nitrogens with two attached hydrogens (primary N) is 1. The fraction of sp³-hybridized carbons (Fsp3) is 0.273. The van der Waals surface area contributed by atoms with Crippen LogP contribution < -0.4 is 15.8 Å². The molecule has 1 aliphatic heterocycles. The Balaban J connectivity index is 1.50. The van der Waals surface area contributed by atoms with E-state index in [1.807, 2.05) is 24.3 Å². The first-order valence-electron chi connectivity index (χ1n) is 9.50. The van der Waals surface area contributed by atoms with Gasteiger partial charge >= 0.3 is 0 Å². The first-order valence-corrected chi connectivity index (χ1v) is 9.50. The Hall–Kier alpha value is -3.12. The van der Waals surface area contributed by atoms with Crippen molar-refractivity contribution in [3.63, 3.8) is 0 Å². The standard InChI is InChI=1S/C22H24N4O2/c1-15(21-20(23)6-4-10-24-21)26-17-7-8-19-16(13-17)9-11-25-22(19)28-14-18-5-2-3-12-27-18/h4,6-11,13,18,26H,1-3,5,12,14,23H2. The number of pyridine rings is 2. The molecule has 28 heavy (non-hydrogen) atoms. The molecule has 0 radical (unpaired) electrons. The highest BCUT2D eigenvalue weighted by Gasteiger charge is 2.15. The summed E-state index contributed by atoms with van der Waals surface area (Å²) in [5.41, 5.74) is 8.77. The zero-order valence-electron chi connectivity index (χ0n) is 15.7. The van der Waals surface area contributed by atoms with E-state index in [2.05, 4.69) is 21.9 Å². The highest BCUT2D eigenvalue weighted by molar-refractivity contribution is 5.91. The van der Waals surface area contributed by atoms with Crippen molar-refractivity contribution in [3.05, 3.63) is 61.1 Å². The summed E-state index contributed by atoms with van der Waals surface area (Å²) in [6, 6.07) is 11.6. The average molecular weight is 376 g/mol. The predicted molar refractivity (Wildman–Crippen MR) is 112 cm³/mol. The van der Waals surface area contributed by atoms with E-state index in [1.54, 1.807) is 24.5 Å². The van der Waals surface area contributed by atoms with Crippen LogP contribution in [0.2, 0.25) is 0 Å². The van der Waals surface area contributed by atoms with Gasteiger partial charge in [-0.2, -0.15) is 0 Å². The van der Waals surface area contributed by atoms with E-state index in [4.69, 9.17) is 15.2 Å². The van der Waals surface area contributed by atoms with Gasteiger partial charge in [0.2, 0.25) is 5.88 Å². The zero-order chi connectivity index (χ0) is 19.3. The normalized spacial score (nSPS) is 16.6. The number of aromatic nitrogens is 2. The largest absolute Gasteiger partial charge is 0.474 e. The number of hydrogen-bond acceptors (Lipinski definition) is 6. The molecule has 1 atom stereocenters. The number of hydrogen-bond donors (Lipinski definition) is 2. The first kappa shape index (κ1) is 18.3. The van der Waals surface area contributed by atoms with Gasteiger partial charge in [0, 0.05) is 30.1 Å². The summed E-state index contributed by atoms with van der Waals surface area (Å²) in [5.74, 6) is 0.631. The van der Waals surface area contributed by atoms with Crippen molar-refractivity contribution in [1.29, 1.82) is 0 Å². The van der Waals surface area contributed by atoms with Crippen LogP contribution >= 0.6 is 0 Å². The maximum absolute atomic E-state index is 5.98. The van der Waals surface area contributed by atoms with Gasteiger partial charge in [-0.1, -0.05) is 6.58 Å². The third kappa shape index (κ3) is 4.07. The molecule has 1 unspecified atom stereocenters. The van der Waals surface area contributed by atoms with Crippen molar-refractivity contribution in [2.75, 3.05) is 24.3 Å². The Kier molecular flexibility index (Phi) is 5.39. The topological polar surface area (TPSA) is 82.3 Å². The second kappa shape index (κ2) is 8.27. The van der Waals surface area contributed by atoms with Crippen molar-refractivity contribution < 1.29 is 9.47 Å². The number of ether oxygens (including phenoxy) is 2. The molecule has 4 rings (SSSR count). The number of nitrogen functional groups attached to an aromatic ring is 1. The van der Waals surface area contributed by atoms with Gasteiger partial charge in [0.1, 0.15) is 12.3 Å². The van der Waals surface area contributed by atoms with Gasteiger partial charge in [-0.3, -0.25) is 4.98 Å². The lowest BCUT2D eigenvalue weighted by Gasteiger charge is -2.22. The molecule has 0 bridgehead atoms. The van der Waals surface area contributed by atoms with Gasteiger partial charge < -0.3 is 20.5 Å². The van der Waals surface area contributed by atoms with Crippen LogP contribution in [-0.4, -0.2) is 29.3 Å². The number of anilines is 2. The van der Waals surface area contributed by atoms with Gasteiger partial charge in [0.15, 0.2) is 0 Å². The number of fused-ring (bicyclic) bond motifs is 1. The summed E-state index contributed by atoms with van der Waals surface area (Å²) in [5, 5.41) is 5.27. The minimum Gasteiger partial charge on any atom is -0.474 e. The van der Waals surface area contributed by atoms with Crippen molar-refractivity contribution in [2.45, 2.75) is 25.4 Å². The van der Waals surface area contributed by atoms with Gasteiger partial charge in [0.05, 0.1) is 17.5 Å². The minimum absolute atomic E-state index is 0.152. The fourth-order valence-electron chi connectivity index (χ4n) is 3.36. The third-order valence-corrected chi connectivity index (χ3v) is 4.83. The fourth-order valence-corrected chi connectivity index (χ4v) is 3.36. The molecular weight excluding hydrogens is 352 g/mol. The molecule has 3 heterocycles. The maximum Gasteiger partial charge on any atom is 0.221 e. The summed E-state index contributed by atoms with van der Waals surface area (Å²) >= 11 is 0. The van der Waals surface area contributed by atoms with Crippen molar-refractivity contribution in [1.82, 2.24) is 9.97 Å². The van der Waals surface area contributed by atoms with Crippen molar-refractivity contribution in [2.24, 2.45) is 0 Å². The molecule has 0 aliphatic carbocycles. The van der Waals surface area contributed by atoms with E-state index < -0.39 is 0 Å². The Morgan fingerprint density at radius 1 is 1.21 bits per heavy atom. The molecule has 0 spiro atoms. The molecule has 1 saturated heterocycles. The molecule has 1 fully saturated rings. The molecule has 1 aliphatic rings. The quantitative estimate of drug-likeness (QED) is 0.669. The van der Waals surface area contributed by atoms with Crippen LogP contribution in [0, 0.1) is 0 Å². The maximum atomic E-state index is 5.98. The van der Waals surface area contributed by atoms with Crippen molar-refractivity contribution in [3.8, 4) is 5.88 Å². The molecule has 0 amide bonds. The van der Waals surface area contributed by atoms with Crippen LogP contribution in [-0.2, 0) is 4.74 Å². The van der Waals surface area contributed by atoms with Gasteiger partial charge in [-0.15, -0.1) is 0 Å². The lowest BCUT2D eigenvalue weighted by molar-refractivity contribution is -0.0116. The molecule has 1 aromatic carbocycles. The van der Waals surface area contributed by atoms with Crippen LogP contribution in [0.4, 0.5) is 11.4 Å². The number of benzene rings is 1. The summed E-state index contributed by atoms with van der Waals surface area (Å²) in [6.07, 6.45) is 6.97. The molecule has 6 heteroatoms.